The molecule has 0 spiro atoms. The number of aryl methyl sites for hydroxylation is 1. The molecule has 2 aromatic rings. The first kappa shape index (κ1) is 20.9. The van der Waals surface area contributed by atoms with Crippen LogP contribution in [0.15, 0.2) is 36.4 Å². The predicted octanol–water partition coefficient (Wildman–Crippen LogP) is 4.29. The Labute approximate surface area is 174 Å². The quantitative estimate of drug-likeness (QED) is 0.395. The minimum atomic E-state index is -0.458. The maximum Gasteiger partial charge on any atom is 0.306 e. The summed E-state index contributed by atoms with van der Waals surface area (Å²) in [4.78, 5) is 35.9. The Morgan fingerprint density at radius 1 is 1.17 bits per heavy atom. The number of carbonyl (C=O) groups is 3. The number of amides is 1. The maximum atomic E-state index is 12.3. The van der Waals surface area contributed by atoms with Gasteiger partial charge >= 0.3 is 5.97 Å². The van der Waals surface area contributed by atoms with E-state index in [9.17, 15) is 14.4 Å². The topological polar surface area (TPSA) is 81.7 Å². The molecular weight excluding hydrogens is 394 g/mol. The van der Waals surface area contributed by atoms with Gasteiger partial charge in [-0.05, 0) is 67.8 Å². The zero-order valence-electron chi connectivity index (χ0n) is 16.3. The molecule has 0 bridgehead atoms. The van der Waals surface area contributed by atoms with Gasteiger partial charge in [-0.1, -0.05) is 11.6 Å². The first-order chi connectivity index (χ1) is 13.8. The van der Waals surface area contributed by atoms with Crippen molar-refractivity contribution in [3.05, 3.63) is 58.1 Å². The number of benzene rings is 2. The summed E-state index contributed by atoms with van der Waals surface area (Å²) in [7, 11) is 0. The highest BCUT2D eigenvalue weighted by atomic mass is 35.5. The van der Waals surface area contributed by atoms with E-state index in [1.54, 1.807) is 37.3 Å². The van der Waals surface area contributed by atoms with Crippen molar-refractivity contribution in [1.82, 2.24) is 0 Å². The normalized spacial score (nSPS) is 14.9. The van der Waals surface area contributed by atoms with Gasteiger partial charge in [-0.25, -0.2) is 0 Å². The molecule has 152 valence electrons. The Morgan fingerprint density at radius 2 is 1.97 bits per heavy atom. The van der Waals surface area contributed by atoms with Gasteiger partial charge < -0.3 is 14.8 Å². The zero-order valence-corrected chi connectivity index (χ0v) is 17.0. The third-order valence-electron chi connectivity index (χ3n) is 4.78. The number of ketones is 1. The molecule has 1 aliphatic rings. The summed E-state index contributed by atoms with van der Waals surface area (Å²) in [5.74, 6) is -0.466. The van der Waals surface area contributed by atoms with Crippen LogP contribution >= 0.6 is 11.6 Å². The minimum absolute atomic E-state index is 0.0907. The van der Waals surface area contributed by atoms with Crippen LogP contribution in [0.2, 0.25) is 5.02 Å². The monoisotopic (exact) mass is 415 g/mol. The van der Waals surface area contributed by atoms with Gasteiger partial charge in [-0.15, -0.1) is 0 Å². The molecule has 1 N–H and O–H groups in total. The van der Waals surface area contributed by atoms with Crippen LogP contribution in [0.25, 0.3) is 0 Å². The van der Waals surface area contributed by atoms with Crippen molar-refractivity contribution in [3.8, 4) is 5.75 Å². The average Bonchev–Trinajstić information content (AvgIpc) is 2.99. The van der Waals surface area contributed by atoms with Crippen molar-refractivity contribution in [2.45, 2.75) is 32.6 Å². The van der Waals surface area contributed by atoms with E-state index in [2.05, 4.69) is 5.32 Å². The largest absolute Gasteiger partial charge is 0.494 e. The third-order valence-corrected chi connectivity index (χ3v) is 5.20. The van der Waals surface area contributed by atoms with Gasteiger partial charge in [-0.2, -0.15) is 0 Å². The van der Waals surface area contributed by atoms with E-state index in [1.807, 2.05) is 13.0 Å². The molecule has 2 aromatic carbocycles. The number of fused-ring (bicyclic) bond motifs is 1. The smallest absolute Gasteiger partial charge is 0.306 e. The van der Waals surface area contributed by atoms with Crippen molar-refractivity contribution < 1.29 is 23.9 Å². The molecule has 1 atom stereocenters. The van der Waals surface area contributed by atoms with Crippen molar-refractivity contribution in [1.29, 1.82) is 0 Å². The number of halogens is 1. The third kappa shape index (κ3) is 5.15. The average molecular weight is 416 g/mol. The van der Waals surface area contributed by atoms with Crippen molar-refractivity contribution >= 4 is 34.9 Å². The number of hydrogen-bond donors (Lipinski definition) is 1. The van der Waals surface area contributed by atoms with E-state index < -0.39 is 5.97 Å². The molecule has 1 amide bonds. The molecule has 7 heteroatoms. The van der Waals surface area contributed by atoms with Gasteiger partial charge in [0.1, 0.15) is 5.75 Å². The van der Waals surface area contributed by atoms with Gasteiger partial charge in [0.2, 0.25) is 5.91 Å². The zero-order chi connectivity index (χ0) is 21.0. The lowest BCUT2D eigenvalue weighted by Crippen LogP contribution is -2.15. The van der Waals surface area contributed by atoms with E-state index in [-0.39, 0.29) is 30.6 Å². The molecule has 6 nitrogen and oxygen atoms in total. The fraction of sp³-hybridized carbons (Fsp3) is 0.318. The highest BCUT2D eigenvalue weighted by Crippen LogP contribution is 2.32. The Kier molecular flexibility index (Phi) is 6.54. The number of hydrogen-bond acceptors (Lipinski definition) is 5. The number of nitrogens with one attached hydrogen (secondary N) is 1. The first-order valence-corrected chi connectivity index (χ1v) is 9.75. The summed E-state index contributed by atoms with van der Waals surface area (Å²) in [6.45, 7) is 3.70. The summed E-state index contributed by atoms with van der Waals surface area (Å²) in [6, 6.07) is 10.4. The van der Waals surface area contributed by atoms with E-state index in [4.69, 9.17) is 21.1 Å². The van der Waals surface area contributed by atoms with E-state index >= 15 is 0 Å². The number of rotatable bonds is 8. The molecule has 0 saturated heterocycles. The molecular formula is C22H22ClNO5. The molecule has 3 rings (SSSR count). The lowest BCUT2D eigenvalue weighted by atomic mass is 9.99. The number of carbonyl (C=O) groups excluding carboxylic acids is 3. The van der Waals surface area contributed by atoms with Gasteiger partial charge in [0.15, 0.2) is 12.4 Å². The highest BCUT2D eigenvalue weighted by molar-refractivity contribution is 6.31. The molecule has 1 heterocycles. The van der Waals surface area contributed by atoms with Crippen LogP contribution in [0, 0.1) is 6.92 Å². The second-order valence-electron chi connectivity index (χ2n) is 6.96. The van der Waals surface area contributed by atoms with Crippen molar-refractivity contribution in [2.75, 3.05) is 18.5 Å². The van der Waals surface area contributed by atoms with Crippen LogP contribution in [-0.2, 0) is 14.3 Å². The molecule has 0 aliphatic carbocycles. The Morgan fingerprint density at radius 3 is 2.72 bits per heavy atom. The minimum Gasteiger partial charge on any atom is -0.494 e. The number of ether oxygens (including phenoxy) is 2. The summed E-state index contributed by atoms with van der Waals surface area (Å²) < 4.78 is 10.7. The van der Waals surface area contributed by atoms with Crippen LogP contribution in [-0.4, -0.2) is 30.9 Å². The summed E-state index contributed by atoms with van der Waals surface area (Å²) in [6.07, 6.45) is 0.623. The summed E-state index contributed by atoms with van der Waals surface area (Å²) >= 11 is 5.97. The highest BCUT2D eigenvalue weighted by Gasteiger charge is 2.27. The second kappa shape index (κ2) is 9.09. The van der Waals surface area contributed by atoms with Crippen LogP contribution in [0.5, 0.6) is 5.75 Å². The summed E-state index contributed by atoms with van der Waals surface area (Å²) in [5, 5.41) is 3.43. The maximum absolute atomic E-state index is 12.3. The fourth-order valence-corrected chi connectivity index (χ4v) is 3.12. The second-order valence-corrected chi connectivity index (χ2v) is 7.37. The van der Waals surface area contributed by atoms with Gasteiger partial charge in [0.05, 0.1) is 12.5 Å². The van der Waals surface area contributed by atoms with E-state index in [1.165, 1.54) is 0 Å². The van der Waals surface area contributed by atoms with Crippen molar-refractivity contribution in [3.63, 3.8) is 0 Å². The molecule has 0 unspecified atom stereocenters. The Balaban J connectivity index is 1.41. The van der Waals surface area contributed by atoms with Gasteiger partial charge in [0.25, 0.3) is 0 Å². The first-order valence-electron chi connectivity index (χ1n) is 9.37. The van der Waals surface area contributed by atoms with Gasteiger partial charge in [0, 0.05) is 22.7 Å². The SMILES string of the molecule is Cc1cc(OCCCC(=O)OCC(=O)c2ccc3c(c2)[C@H](C)C(=O)N3)ccc1Cl. The lowest BCUT2D eigenvalue weighted by Gasteiger charge is -2.08. The van der Waals surface area contributed by atoms with Crippen LogP contribution in [0.3, 0.4) is 0 Å². The lowest BCUT2D eigenvalue weighted by molar-refractivity contribution is -0.142. The number of anilines is 1. The van der Waals surface area contributed by atoms with Crippen molar-refractivity contribution in [2.24, 2.45) is 0 Å². The van der Waals surface area contributed by atoms with Crippen LogP contribution in [0.4, 0.5) is 5.69 Å². The Hall–Kier alpha value is -2.86. The van der Waals surface area contributed by atoms with E-state index in [0.717, 1.165) is 11.1 Å². The Bertz CT molecular complexity index is 956. The number of Topliss-reactive ketones (excluding diaryl/α,β-unsaturated/α-hetero) is 1. The molecule has 29 heavy (non-hydrogen) atoms. The fourth-order valence-electron chi connectivity index (χ4n) is 3.01. The van der Waals surface area contributed by atoms with E-state index in [0.29, 0.717) is 35.1 Å². The molecule has 1 aliphatic heterocycles. The molecule has 0 radical (unpaired) electrons. The molecule has 0 aromatic heterocycles. The molecule has 0 fully saturated rings. The van der Waals surface area contributed by atoms with Crippen LogP contribution in [0.1, 0.15) is 47.2 Å². The van der Waals surface area contributed by atoms with Crippen LogP contribution < -0.4 is 10.1 Å². The standard InChI is InChI=1S/C22H22ClNO5/c1-13-10-16(6-7-18(13)23)28-9-3-4-21(26)29-12-20(25)15-5-8-19-17(11-15)14(2)22(27)24-19/h5-8,10-11,14H,3-4,9,12H2,1-2H3,(H,24,27)/t14-/m0/s1. The van der Waals surface area contributed by atoms with Gasteiger partial charge in [-0.3, -0.25) is 14.4 Å². The molecule has 0 saturated carbocycles. The summed E-state index contributed by atoms with van der Waals surface area (Å²) in [5.41, 5.74) is 2.83. The predicted molar refractivity (Wildman–Crippen MR) is 110 cm³/mol. The number of esters is 1.